The number of nitrogens with one attached hydrogen (secondary N) is 2. The van der Waals surface area contributed by atoms with E-state index in [1.54, 1.807) is 48.1 Å². The van der Waals surface area contributed by atoms with Crippen LogP contribution in [0.15, 0.2) is 59.0 Å². The lowest BCUT2D eigenvalue weighted by molar-refractivity contribution is -0.116. The molecular formula is C18H16N4O3S. The molecule has 0 saturated carbocycles. The lowest BCUT2D eigenvalue weighted by atomic mass is 10.2. The van der Waals surface area contributed by atoms with Crippen molar-refractivity contribution in [3.05, 3.63) is 75.7 Å². The Morgan fingerprint density at radius 2 is 1.88 bits per heavy atom. The number of thiazole rings is 1. The number of hydrogen-bond donors (Lipinski definition) is 2. The number of carbonyl (C=O) groups is 2. The molecule has 2 aromatic heterocycles. The number of anilines is 2. The highest BCUT2D eigenvalue weighted by atomic mass is 32.1. The van der Waals surface area contributed by atoms with Crippen molar-refractivity contribution < 1.29 is 9.59 Å². The number of carbonyl (C=O) groups excluding carboxylic acids is 2. The topological polar surface area (TPSA) is 93.1 Å². The zero-order valence-electron chi connectivity index (χ0n) is 13.9. The van der Waals surface area contributed by atoms with E-state index in [2.05, 4.69) is 15.6 Å². The molecule has 1 aromatic carbocycles. The summed E-state index contributed by atoms with van der Waals surface area (Å²) in [6, 6.07) is 9.61. The number of hydrogen-bond acceptors (Lipinski definition) is 5. The maximum absolute atomic E-state index is 12.1. The molecule has 132 valence electrons. The van der Waals surface area contributed by atoms with Crippen LogP contribution in [0.4, 0.5) is 10.8 Å². The van der Waals surface area contributed by atoms with Crippen molar-refractivity contribution in [3.63, 3.8) is 0 Å². The monoisotopic (exact) mass is 368 g/mol. The van der Waals surface area contributed by atoms with Gasteiger partial charge in [-0.05, 0) is 36.8 Å². The molecule has 0 spiro atoms. The number of aryl methyl sites for hydroxylation is 1. The summed E-state index contributed by atoms with van der Waals surface area (Å²) in [6.07, 6.45) is 3.24. The largest absolute Gasteiger partial charge is 0.325 e. The summed E-state index contributed by atoms with van der Waals surface area (Å²) in [5, 5.41) is 7.69. The van der Waals surface area contributed by atoms with Gasteiger partial charge in [0, 0.05) is 35.1 Å². The molecule has 3 aromatic rings. The van der Waals surface area contributed by atoms with Crippen LogP contribution in [0.2, 0.25) is 0 Å². The standard InChI is InChI=1S/C18H16N4O3S/c1-12-2-7-16(24)22(10-12)11-15(23)20-14-5-3-13(4-6-14)17(25)21-18-19-8-9-26-18/h2-10H,11H2,1H3,(H,20,23)(H,19,21,25). The van der Waals surface area contributed by atoms with E-state index in [1.807, 2.05) is 6.92 Å². The normalized spacial score (nSPS) is 10.3. The minimum atomic E-state index is -0.322. The van der Waals surface area contributed by atoms with Gasteiger partial charge in [-0.3, -0.25) is 19.7 Å². The molecule has 8 heteroatoms. The lowest BCUT2D eigenvalue weighted by Gasteiger charge is -2.09. The Kier molecular flexibility index (Phi) is 5.23. The minimum Gasteiger partial charge on any atom is -0.325 e. The van der Waals surface area contributed by atoms with Crippen molar-refractivity contribution in [2.45, 2.75) is 13.5 Å². The predicted octanol–water partition coefficient (Wildman–Crippen LogP) is 2.50. The Morgan fingerprint density at radius 1 is 1.12 bits per heavy atom. The van der Waals surface area contributed by atoms with E-state index in [0.717, 1.165) is 5.56 Å². The predicted molar refractivity (Wildman–Crippen MR) is 101 cm³/mol. The third kappa shape index (κ3) is 4.42. The minimum absolute atomic E-state index is 0.0766. The summed E-state index contributed by atoms with van der Waals surface area (Å²) in [5.41, 5.74) is 1.66. The third-order valence-corrected chi connectivity index (χ3v) is 4.22. The second-order valence-electron chi connectivity index (χ2n) is 5.59. The third-order valence-electron chi connectivity index (χ3n) is 3.53. The maximum Gasteiger partial charge on any atom is 0.257 e. The van der Waals surface area contributed by atoms with Crippen LogP contribution in [-0.2, 0) is 11.3 Å². The van der Waals surface area contributed by atoms with Gasteiger partial charge in [-0.25, -0.2) is 4.98 Å². The Bertz CT molecular complexity index is 978. The molecule has 0 aliphatic rings. The molecule has 0 aliphatic carbocycles. The summed E-state index contributed by atoms with van der Waals surface area (Å²) in [5.74, 6) is -0.596. The second kappa shape index (κ2) is 7.75. The number of aromatic nitrogens is 2. The summed E-state index contributed by atoms with van der Waals surface area (Å²) in [6.45, 7) is 1.77. The molecule has 0 saturated heterocycles. The molecule has 3 rings (SSSR count). The van der Waals surface area contributed by atoms with Gasteiger partial charge in [0.05, 0.1) is 0 Å². The van der Waals surface area contributed by atoms with Gasteiger partial charge in [0.25, 0.3) is 11.5 Å². The molecule has 26 heavy (non-hydrogen) atoms. The quantitative estimate of drug-likeness (QED) is 0.724. The van der Waals surface area contributed by atoms with Gasteiger partial charge in [0.15, 0.2) is 5.13 Å². The number of amides is 2. The molecule has 7 nitrogen and oxygen atoms in total. The van der Waals surface area contributed by atoms with Gasteiger partial charge in [0.2, 0.25) is 5.91 Å². The first kappa shape index (κ1) is 17.6. The fourth-order valence-electron chi connectivity index (χ4n) is 2.29. The molecule has 2 amide bonds. The lowest BCUT2D eigenvalue weighted by Crippen LogP contribution is -2.26. The Morgan fingerprint density at radius 3 is 2.58 bits per heavy atom. The fraction of sp³-hybridized carbons (Fsp3) is 0.111. The zero-order chi connectivity index (χ0) is 18.5. The van der Waals surface area contributed by atoms with E-state index in [4.69, 9.17) is 0 Å². The molecule has 2 N–H and O–H groups in total. The Labute approximate surface area is 153 Å². The zero-order valence-corrected chi connectivity index (χ0v) is 14.7. The molecule has 2 heterocycles. The summed E-state index contributed by atoms with van der Waals surface area (Å²) in [4.78, 5) is 39.9. The van der Waals surface area contributed by atoms with Crippen molar-refractivity contribution in [3.8, 4) is 0 Å². The van der Waals surface area contributed by atoms with E-state index in [-0.39, 0.29) is 23.9 Å². The highest BCUT2D eigenvalue weighted by Gasteiger charge is 2.09. The van der Waals surface area contributed by atoms with Crippen molar-refractivity contribution >= 4 is 34.0 Å². The number of pyridine rings is 1. The van der Waals surface area contributed by atoms with Crippen molar-refractivity contribution in [2.24, 2.45) is 0 Å². The summed E-state index contributed by atoms with van der Waals surface area (Å²) in [7, 11) is 0. The van der Waals surface area contributed by atoms with Gasteiger partial charge < -0.3 is 9.88 Å². The van der Waals surface area contributed by atoms with Gasteiger partial charge in [-0.1, -0.05) is 6.07 Å². The highest BCUT2D eigenvalue weighted by molar-refractivity contribution is 7.13. The van der Waals surface area contributed by atoms with Crippen LogP contribution in [0.5, 0.6) is 0 Å². The first-order valence-electron chi connectivity index (χ1n) is 7.79. The average Bonchev–Trinajstić information content (AvgIpc) is 3.11. The second-order valence-corrected chi connectivity index (χ2v) is 6.48. The van der Waals surface area contributed by atoms with Crippen LogP contribution in [0.25, 0.3) is 0 Å². The van der Waals surface area contributed by atoms with E-state index in [1.165, 1.54) is 22.0 Å². The Hall–Kier alpha value is -3.26. The van der Waals surface area contributed by atoms with Crippen LogP contribution < -0.4 is 16.2 Å². The van der Waals surface area contributed by atoms with Crippen LogP contribution in [-0.4, -0.2) is 21.4 Å². The SMILES string of the molecule is Cc1ccc(=O)n(CC(=O)Nc2ccc(C(=O)Nc3nccs3)cc2)c1. The van der Waals surface area contributed by atoms with Crippen molar-refractivity contribution in [1.82, 2.24) is 9.55 Å². The van der Waals surface area contributed by atoms with Crippen LogP contribution in [0.3, 0.4) is 0 Å². The van der Waals surface area contributed by atoms with E-state index < -0.39 is 0 Å². The number of benzene rings is 1. The van der Waals surface area contributed by atoms with Crippen molar-refractivity contribution in [1.29, 1.82) is 0 Å². The summed E-state index contributed by atoms with van der Waals surface area (Å²) >= 11 is 1.33. The first-order valence-corrected chi connectivity index (χ1v) is 8.67. The molecule has 0 bridgehead atoms. The first-order chi connectivity index (χ1) is 12.5. The van der Waals surface area contributed by atoms with Crippen LogP contribution in [0, 0.1) is 6.92 Å². The van der Waals surface area contributed by atoms with Gasteiger partial charge >= 0.3 is 0 Å². The molecule has 0 atom stereocenters. The van der Waals surface area contributed by atoms with Gasteiger partial charge in [0.1, 0.15) is 6.54 Å². The van der Waals surface area contributed by atoms with Crippen molar-refractivity contribution in [2.75, 3.05) is 10.6 Å². The summed E-state index contributed by atoms with van der Waals surface area (Å²) < 4.78 is 1.35. The van der Waals surface area contributed by atoms with E-state index in [0.29, 0.717) is 16.4 Å². The van der Waals surface area contributed by atoms with Gasteiger partial charge in [-0.15, -0.1) is 11.3 Å². The van der Waals surface area contributed by atoms with E-state index in [9.17, 15) is 14.4 Å². The molecule has 0 fully saturated rings. The maximum atomic E-state index is 12.1. The van der Waals surface area contributed by atoms with Gasteiger partial charge in [-0.2, -0.15) is 0 Å². The highest BCUT2D eigenvalue weighted by Crippen LogP contribution is 2.14. The van der Waals surface area contributed by atoms with E-state index >= 15 is 0 Å². The smallest absolute Gasteiger partial charge is 0.257 e. The Balaban J connectivity index is 1.61. The van der Waals surface area contributed by atoms with Crippen LogP contribution >= 0.6 is 11.3 Å². The molecular weight excluding hydrogens is 352 g/mol. The average molecular weight is 368 g/mol. The number of nitrogens with zero attached hydrogens (tertiary/aromatic N) is 2. The van der Waals surface area contributed by atoms with Crippen LogP contribution in [0.1, 0.15) is 15.9 Å². The molecule has 0 radical (unpaired) electrons. The number of rotatable bonds is 5. The molecule has 0 aliphatic heterocycles. The molecule has 0 unspecified atom stereocenters. The fourth-order valence-corrected chi connectivity index (χ4v) is 2.81.